The molecular formula is C11H16N6OS. The maximum atomic E-state index is 5.29. The standard InChI is InChI=1S/C11H16N6OS/c1-3-7-4-5-8(19-7)6-13-9-14-10(17-12)16-11(15-9)18-2/h4-5H,3,6,12H2,1-2H3,(H2,13,14,15,16,17). The summed E-state index contributed by atoms with van der Waals surface area (Å²) in [5.74, 6) is 5.97. The molecule has 0 bridgehead atoms. The van der Waals surface area contributed by atoms with Crippen LogP contribution in [0, 0.1) is 0 Å². The van der Waals surface area contributed by atoms with E-state index in [4.69, 9.17) is 10.6 Å². The minimum absolute atomic E-state index is 0.214. The molecule has 0 spiro atoms. The highest BCUT2D eigenvalue weighted by Crippen LogP contribution is 2.18. The second-order valence-corrected chi connectivity index (χ2v) is 4.94. The van der Waals surface area contributed by atoms with Gasteiger partial charge in [0.05, 0.1) is 13.7 Å². The van der Waals surface area contributed by atoms with Gasteiger partial charge in [0, 0.05) is 9.75 Å². The molecule has 102 valence electrons. The van der Waals surface area contributed by atoms with Crippen molar-refractivity contribution in [2.45, 2.75) is 19.9 Å². The number of thiophene rings is 1. The maximum absolute atomic E-state index is 5.29. The smallest absolute Gasteiger partial charge is 0.322 e. The molecule has 0 aliphatic carbocycles. The number of methoxy groups -OCH3 is 1. The summed E-state index contributed by atoms with van der Waals surface area (Å²) >= 11 is 1.77. The fraction of sp³-hybridized carbons (Fsp3) is 0.364. The van der Waals surface area contributed by atoms with E-state index in [0.29, 0.717) is 12.5 Å². The third-order valence-corrected chi connectivity index (χ3v) is 3.64. The van der Waals surface area contributed by atoms with Gasteiger partial charge in [-0.1, -0.05) is 6.92 Å². The number of anilines is 2. The van der Waals surface area contributed by atoms with Gasteiger partial charge >= 0.3 is 6.01 Å². The molecule has 0 aliphatic rings. The zero-order chi connectivity index (χ0) is 13.7. The average molecular weight is 280 g/mol. The van der Waals surface area contributed by atoms with Crippen LogP contribution in [0.5, 0.6) is 6.01 Å². The van der Waals surface area contributed by atoms with Crippen molar-refractivity contribution in [2.75, 3.05) is 17.9 Å². The Hall–Kier alpha value is -1.93. The van der Waals surface area contributed by atoms with Crippen LogP contribution < -0.4 is 21.3 Å². The second-order valence-electron chi connectivity index (χ2n) is 3.69. The number of aromatic nitrogens is 3. The SMILES string of the molecule is CCc1ccc(CNc2nc(NN)nc(OC)n2)s1. The van der Waals surface area contributed by atoms with Crippen LogP contribution in [0.15, 0.2) is 12.1 Å². The molecule has 2 aromatic rings. The molecule has 2 heterocycles. The normalized spacial score (nSPS) is 10.3. The molecule has 7 nitrogen and oxygen atoms in total. The van der Waals surface area contributed by atoms with Crippen LogP contribution in [0.25, 0.3) is 0 Å². The lowest BCUT2D eigenvalue weighted by Gasteiger charge is -2.06. The summed E-state index contributed by atoms with van der Waals surface area (Å²) in [5, 5.41) is 3.12. The third kappa shape index (κ3) is 3.52. The summed E-state index contributed by atoms with van der Waals surface area (Å²) in [5.41, 5.74) is 2.37. The largest absolute Gasteiger partial charge is 0.467 e. The maximum Gasteiger partial charge on any atom is 0.322 e. The van der Waals surface area contributed by atoms with Crippen molar-refractivity contribution in [1.82, 2.24) is 15.0 Å². The molecule has 0 unspecified atom stereocenters. The molecule has 0 saturated heterocycles. The Kier molecular flexibility index (Phi) is 4.48. The molecule has 2 rings (SSSR count). The molecule has 2 aromatic heterocycles. The Balaban J connectivity index is 2.05. The van der Waals surface area contributed by atoms with Gasteiger partial charge in [-0.3, -0.25) is 5.43 Å². The van der Waals surface area contributed by atoms with Crippen molar-refractivity contribution in [1.29, 1.82) is 0 Å². The molecule has 0 atom stereocenters. The van der Waals surface area contributed by atoms with Gasteiger partial charge in [-0.25, -0.2) is 5.84 Å². The summed E-state index contributed by atoms with van der Waals surface area (Å²) in [7, 11) is 1.49. The van der Waals surface area contributed by atoms with Crippen molar-refractivity contribution in [3.8, 4) is 6.01 Å². The fourth-order valence-electron chi connectivity index (χ4n) is 1.46. The molecular weight excluding hydrogens is 264 g/mol. The van der Waals surface area contributed by atoms with Crippen molar-refractivity contribution >= 4 is 23.2 Å². The van der Waals surface area contributed by atoms with Gasteiger partial charge in [0.15, 0.2) is 0 Å². The van der Waals surface area contributed by atoms with Gasteiger partial charge in [-0.15, -0.1) is 11.3 Å². The summed E-state index contributed by atoms with van der Waals surface area (Å²) in [6.45, 7) is 2.79. The molecule has 0 aliphatic heterocycles. The molecule has 0 radical (unpaired) electrons. The van der Waals surface area contributed by atoms with Gasteiger partial charge in [0.2, 0.25) is 11.9 Å². The second kappa shape index (κ2) is 6.30. The van der Waals surface area contributed by atoms with Gasteiger partial charge in [-0.2, -0.15) is 15.0 Å². The zero-order valence-electron chi connectivity index (χ0n) is 10.8. The lowest BCUT2D eigenvalue weighted by molar-refractivity contribution is 0.379. The molecule has 19 heavy (non-hydrogen) atoms. The zero-order valence-corrected chi connectivity index (χ0v) is 11.6. The lowest BCUT2D eigenvalue weighted by atomic mass is 10.4. The van der Waals surface area contributed by atoms with E-state index in [1.165, 1.54) is 16.9 Å². The van der Waals surface area contributed by atoms with Gasteiger partial charge in [0.1, 0.15) is 0 Å². The number of nitrogens with one attached hydrogen (secondary N) is 2. The van der Waals surface area contributed by atoms with Crippen LogP contribution >= 0.6 is 11.3 Å². The summed E-state index contributed by atoms with van der Waals surface area (Å²) in [6.07, 6.45) is 1.05. The summed E-state index contributed by atoms with van der Waals surface area (Å²) in [6, 6.07) is 4.44. The van der Waals surface area contributed by atoms with Crippen LogP contribution in [-0.2, 0) is 13.0 Å². The molecule has 0 saturated carbocycles. The highest BCUT2D eigenvalue weighted by atomic mass is 32.1. The van der Waals surface area contributed by atoms with Crippen LogP contribution in [0.3, 0.4) is 0 Å². The topological polar surface area (TPSA) is 98.0 Å². The van der Waals surface area contributed by atoms with Gasteiger partial charge < -0.3 is 10.1 Å². The summed E-state index contributed by atoms with van der Waals surface area (Å²) < 4.78 is 4.98. The van der Waals surface area contributed by atoms with E-state index in [1.807, 2.05) is 0 Å². The van der Waals surface area contributed by atoms with Crippen LogP contribution in [0.1, 0.15) is 16.7 Å². The number of nitrogens with zero attached hydrogens (tertiary/aromatic N) is 3. The Morgan fingerprint density at radius 1 is 1.21 bits per heavy atom. The Labute approximate surface area is 115 Å². The first-order valence-corrected chi connectivity index (χ1v) is 6.65. The summed E-state index contributed by atoms with van der Waals surface area (Å²) in [4.78, 5) is 14.7. The predicted octanol–water partition coefficient (Wildman–Crippen LogP) is 1.40. The molecule has 0 amide bonds. The number of rotatable bonds is 6. The van der Waals surface area contributed by atoms with Crippen molar-refractivity contribution in [3.63, 3.8) is 0 Å². The van der Waals surface area contributed by atoms with Crippen molar-refractivity contribution in [3.05, 3.63) is 21.9 Å². The lowest BCUT2D eigenvalue weighted by Crippen LogP contribution is -2.13. The van der Waals surface area contributed by atoms with Crippen molar-refractivity contribution < 1.29 is 4.74 Å². The number of nitrogens with two attached hydrogens (primary N) is 1. The molecule has 0 fully saturated rings. The number of hydrogen-bond acceptors (Lipinski definition) is 8. The first kappa shape index (κ1) is 13.5. The number of hydrogen-bond donors (Lipinski definition) is 3. The van der Waals surface area contributed by atoms with E-state index in [9.17, 15) is 0 Å². The third-order valence-electron chi connectivity index (χ3n) is 2.41. The number of ether oxygens (including phenoxy) is 1. The van der Waals surface area contributed by atoms with Crippen LogP contribution in [-0.4, -0.2) is 22.1 Å². The average Bonchev–Trinajstić information content (AvgIpc) is 2.92. The monoisotopic (exact) mass is 280 g/mol. The van der Waals surface area contributed by atoms with E-state index in [0.717, 1.165) is 6.42 Å². The van der Waals surface area contributed by atoms with Crippen molar-refractivity contribution in [2.24, 2.45) is 5.84 Å². The number of aryl methyl sites for hydroxylation is 1. The number of nitrogen functional groups attached to an aromatic ring is 1. The van der Waals surface area contributed by atoms with E-state index >= 15 is 0 Å². The molecule has 0 aromatic carbocycles. The van der Waals surface area contributed by atoms with E-state index in [1.54, 1.807) is 11.3 Å². The van der Waals surface area contributed by atoms with Crippen LogP contribution in [0.4, 0.5) is 11.9 Å². The molecule has 4 N–H and O–H groups in total. The first-order chi connectivity index (χ1) is 9.25. The van der Waals surface area contributed by atoms with E-state index in [2.05, 4.69) is 44.8 Å². The Morgan fingerprint density at radius 2 is 1.95 bits per heavy atom. The number of hydrazine groups is 1. The van der Waals surface area contributed by atoms with Gasteiger partial charge in [0.25, 0.3) is 0 Å². The minimum atomic E-state index is 0.214. The molecule has 8 heteroatoms. The first-order valence-electron chi connectivity index (χ1n) is 5.83. The quantitative estimate of drug-likeness (QED) is 0.543. The Bertz CT molecular complexity index is 521. The van der Waals surface area contributed by atoms with Gasteiger partial charge in [-0.05, 0) is 18.6 Å². The highest BCUT2D eigenvalue weighted by molar-refractivity contribution is 7.12. The fourth-order valence-corrected chi connectivity index (χ4v) is 2.36. The van der Waals surface area contributed by atoms with Crippen LogP contribution in [0.2, 0.25) is 0 Å². The predicted molar refractivity (Wildman–Crippen MR) is 75.2 cm³/mol. The van der Waals surface area contributed by atoms with E-state index < -0.39 is 0 Å². The minimum Gasteiger partial charge on any atom is -0.467 e. The van der Waals surface area contributed by atoms with E-state index in [-0.39, 0.29) is 12.0 Å². The Morgan fingerprint density at radius 3 is 2.58 bits per heavy atom. The highest BCUT2D eigenvalue weighted by Gasteiger charge is 2.06.